The number of amides is 2. The Morgan fingerprint density at radius 1 is 1.06 bits per heavy atom. The van der Waals surface area contributed by atoms with E-state index in [2.05, 4.69) is 10.3 Å². The first kappa shape index (κ1) is 20.0. The molecule has 166 valence electrons. The topological polar surface area (TPSA) is 78.1 Å². The predicted octanol–water partition coefficient (Wildman–Crippen LogP) is 4.76. The number of aromatic amines is 1. The van der Waals surface area contributed by atoms with E-state index in [1.165, 1.54) is 23.3 Å². The summed E-state index contributed by atoms with van der Waals surface area (Å²) in [4.78, 5) is 37.5. The van der Waals surface area contributed by atoms with Crippen LogP contribution in [0.1, 0.15) is 49.0 Å². The first-order valence-electron chi connectivity index (χ1n) is 11.9. The number of carbonyl (C=O) groups is 2. The van der Waals surface area contributed by atoms with E-state index < -0.39 is 0 Å². The quantitative estimate of drug-likeness (QED) is 0.604. The van der Waals surface area contributed by atoms with Gasteiger partial charge in [0.25, 0.3) is 0 Å². The molecule has 32 heavy (non-hydrogen) atoms. The van der Waals surface area contributed by atoms with Crippen LogP contribution in [0.25, 0.3) is 22.4 Å². The van der Waals surface area contributed by atoms with Gasteiger partial charge in [-0.15, -0.1) is 11.3 Å². The fraction of sp³-hybridized carbons (Fsp3) is 0.480. The molecular weight excluding hydrogens is 420 g/mol. The summed E-state index contributed by atoms with van der Waals surface area (Å²) in [5.74, 6) is 1.19. The van der Waals surface area contributed by atoms with Gasteiger partial charge in [-0.1, -0.05) is 12.1 Å². The van der Waals surface area contributed by atoms with E-state index in [0.717, 1.165) is 72.5 Å². The van der Waals surface area contributed by atoms with E-state index in [9.17, 15) is 9.59 Å². The van der Waals surface area contributed by atoms with Gasteiger partial charge in [-0.3, -0.25) is 9.59 Å². The lowest BCUT2D eigenvalue weighted by atomic mass is 9.94. The highest BCUT2D eigenvalue weighted by Crippen LogP contribution is 2.44. The molecule has 1 saturated heterocycles. The number of benzene rings is 1. The third-order valence-corrected chi connectivity index (χ3v) is 8.27. The Morgan fingerprint density at radius 3 is 2.75 bits per heavy atom. The lowest BCUT2D eigenvalue weighted by molar-refractivity contribution is -0.135. The number of nitrogens with zero attached hydrogens (tertiary/aromatic N) is 2. The second-order valence-corrected chi connectivity index (χ2v) is 10.5. The van der Waals surface area contributed by atoms with Gasteiger partial charge in [-0.05, 0) is 69.1 Å². The molecule has 1 aromatic carbocycles. The van der Waals surface area contributed by atoms with Crippen LogP contribution in [-0.2, 0) is 22.4 Å². The zero-order valence-corrected chi connectivity index (χ0v) is 19.0. The summed E-state index contributed by atoms with van der Waals surface area (Å²) in [5, 5.41) is 4.18. The maximum Gasteiger partial charge on any atom is 0.229 e. The van der Waals surface area contributed by atoms with E-state index in [0.29, 0.717) is 6.54 Å². The van der Waals surface area contributed by atoms with Crippen LogP contribution in [0.3, 0.4) is 0 Å². The van der Waals surface area contributed by atoms with Crippen molar-refractivity contribution in [3.8, 4) is 11.4 Å². The molecule has 3 aliphatic rings. The van der Waals surface area contributed by atoms with Crippen LogP contribution >= 0.6 is 11.3 Å². The molecule has 2 aromatic heterocycles. The minimum Gasteiger partial charge on any atom is -0.342 e. The van der Waals surface area contributed by atoms with Crippen LogP contribution in [0.15, 0.2) is 24.3 Å². The summed E-state index contributed by atoms with van der Waals surface area (Å²) in [7, 11) is 0. The van der Waals surface area contributed by atoms with Crippen molar-refractivity contribution in [2.45, 2.75) is 51.4 Å². The third-order valence-electron chi connectivity index (χ3n) is 7.06. The molecule has 7 heteroatoms. The number of aromatic nitrogens is 2. The molecule has 1 unspecified atom stereocenters. The Morgan fingerprint density at radius 2 is 1.91 bits per heavy atom. The highest BCUT2D eigenvalue weighted by Gasteiger charge is 2.37. The Balaban J connectivity index is 1.29. The SMILES string of the molecule is O=C(Nc1sc2c(c1-c1nc3ccccc3[nH]1)CCCC2)C1CCCN(C(=O)C2CC2)C1. The number of nitrogens with one attached hydrogen (secondary N) is 2. The number of hydrogen-bond donors (Lipinski definition) is 2. The van der Waals surface area contributed by atoms with Crippen molar-refractivity contribution < 1.29 is 9.59 Å². The summed E-state index contributed by atoms with van der Waals surface area (Å²) >= 11 is 1.71. The Kier molecular flexibility index (Phi) is 5.01. The lowest BCUT2D eigenvalue weighted by Gasteiger charge is -2.32. The molecule has 6 rings (SSSR count). The van der Waals surface area contributed by atoms with Crippen molar-refractivity contribution in [3.63, 3.8) is 0 Å². The highest BCUT2D eigenvalue weighted by molar-refractivity contribution is 7.17. The van der Waals surface area contributed by atoms with Crippen LogP contribution in [0.4, 0.5) is 5.00 Å². The number of hydrogen-bond acceptors (Lipinski definition) is 4. The number of carbonyl (C=O) groups excluding carboxylic acids is 2. The molecule has 2 aliphatic carbocycles. The van der Waals surface area contributed by atoms with Crippen molar-refractivity contribution in [1.29, 1.82) is 0 Å². The van der Waals surface area contributed by atoms with Crippen LogP contribution in [0.2, 0.25) is 0 Å². The molecule has 1 saturated carbocycles. The Labute approximate surface area is 191 Å². The molecule has 2 fully saturated rings. The number of imidazole rings is 1. The molecule has 1 aliphatic heterocycles. The molecule has 6 nitrogen and oxygen atoms in total. The molecule has 0 radical (unpaired) electrons. The third kappa shape index (κ3) is 3.62. The van der Waals surface area contributed by atoms with Crippen molar-refractivity contribution >= 4 is 39.2 Å². The second kappa shape index (κ2) is 8.03. The first-order chi connectivity index (χ1) is 15.7. The zero-order valence-electron chi connectivity index (χ0n) is 18.2. The maximum absolute atomic E-state index is 13.3. The predicted molar refractivity (Wildman–Crippen MR) is 127 cm³/mol. The number of H-pyrrole nitrogens is 1. The van der Waals surface area contributed by atoms with Gasteiger partial charge in [-0.25, -0.2) is 4.98 Å². The first-order valence-corrected chi connectivity index (χ1v) is 12.7. The van der Waals surface area contributed by atoms with Crippen molar-refractivity contribution in [1.82, 2.24) is 14.9 Å². The fourth-order valence-corrected chi connectivity index (χ4v) is 6.46. The smallest absolute Gasteiger partial charge is 0.229 e. The van der Waals surface area contributed by atoms with Crippen molar-refractivity contribution in [2.75, 3.05) is 18.4 Å². The number of anilines is 1. The number of thiophene rings is 1. The molecular formula is C25H28N4O2S. The molecule has 0 spiro atoms. The van der Waals surface area contributed by atoms with Crippen LogP contribution < -0.4 is 5.32 Å². The second-order valence-electron chi connectivity index (χ2n) is 9.40. The number of piperidine rings is 1. The number of aryl methyl sites for hydroxylation is 1. The number of fused-ring (bicyclic) bond motifs is 2. The normalized spacial score (nSPS) is 20.9. The average Bonchev–Trinajstić information content (AvgIpc) is 3.48. The van der Waals surface area contributed by atoms with Gasteiger partial charge in [-0.2, -0.15) is 0 Å². The fourth-order valence-electron chi connectivity index (χ4n) is 5.17. The molecule has 1 atom stereocenters. The summed E-state index contributed by atoms with van der Waals surface area (Å²) in [5.41, 5.74) is 4.36. The minimum absolute atomic E-state index is 0.0363. The number of para-hydroxylation sites is 2. The summed E-state index contributed by atoms with van der Waals surface area (Å²) in [6, 6.07) is 8.06. The lowest BCUT2D eigenvalue weighted by Crippen LogP contribution is -2.44. The molecule has 3 aromatic rings. The zero-order chi connectivity index (χ0) is 21.7. The average molecular weight is 449 g/mol. The van der Waals surface area contributed by atoms with Crippen molar-refractivity contribution in [2.24, 2.45) is 11.8 Å². The van der Waals surface area contributed by atoms with Gasteiger partial charge < -0.3 is 15.2 Å². The highest BCUT2D eigenvalue weighted by atomic mass is 32.1. The van der Waals surface area contributed by atoms with E-state index in [-0.39, 0.29) is 23.7 Å². The largest absolute Gasteiger partial charge is 0.342 e. The maximum atomic E-state index is 13.3. The van der Waals surface area contributed by atoms with Gasteiger partial charge >= 0.3 is 0 Å². The number of likely N-dealkylation sites (tertiary alicyclic amines) is 1. The van der Waals surface area contributed by atoms with E-state index in [1.807, 2.05) is 29.2 Å². The van der Waals surface area contributed by atoms with Gasteiger partial charge in [0.05, 0.1) is 22.5 Å². The molecule has 2 N–H and O–H groups in total. The van der Waals surface area contributed by atoms with Gasteiger partial charge in [0.2, 0.25) is 11.8 Å². The van der Waals surface area contributed by atoms with Gasteiger partial charge in [0.1, 0.15) is 10.8 Å². The van der Waals surface area contributed by atoms with Gasteiger partial charge in [0.15, 0.2) is 0 Å². The van der Waals surface area contributed by atoms with Gasteiger partial charge in [0, 0.05) is 23.9 Å². The standard InChI is InChI=1S/C25H28N4O2S/c30-23(16-6-5-13-29(14-16)25(31)15-11-12-15)28-24-21(17-7-1-4-10-20(17)32-24)22-26-18-8-2-3-9-19(18)27-22/h2-3,8-9,15-16H,1,4-7,10-14H2,(H,26,27)(H,28,30). The molecule has 3 heterocycles. The van der Waals surface area contributed by atoms with Crippen LogP contribution in [0, 0.1) is 11.8 Å². The molecule has 0 bridgehead atoms. The van der Waals surface area contributed by atoms with E-state index in [4.69, 9.17) is 4.98 Å². The summed E-state index contributed by atoms with van der Waals surface area (Å²) < 4.78 is 0. The summed E-state index contributed by atoms with van der Waals surface area (Å²) in [6.45, 7) is 1.34. The minimum atomic E-state index is -0.144. The van der Waals surface area contributed by atoms with E-state index >= 15 is 0 Å². The van der Waals surface area contributed by atoms with E-state index in [1.54, 1.807) is 11.3 Å². The van der Waals surface area contributed by atoms with Crippen LogP contribution in [0.5, 0.6) is 0 Å². The summed E-state index contributed by atoms with van der Waals surface area (Å²) in [6.07, 6.45) is 8.21. The Bertz CT molecular complexity index is 1160. The number of rotatable bonds is 4. The Hall–Kier alpha value is -2.67. The monoisotopic (exact) mass is 448 g/mol. The molecule has 2 amide bonds. The van der Waals surface area contributed by atoms with Crippen LogP contribution in [-0.4, -0.2) is 39.8 Å². The van der Waals surface area contributed by atoms with Crippen molar-refractivity contribution in [3.05, 3.63) is 34.7 Å².